The van der Waals surface area contributed by atoms with Crippen molar-refractivity contribution < 1.29 is 4.79 Å². The second-order valence-corrected chi connectivity index (χ2v) is 5.24. The Morgan fingerprint density at radius 2 is 1.95 bits per heavy atom. The molecule has 0 atom stereocenters. The average Bonchev–Trinajstić information content (AvgIpc) is 3.16. The quantitative estimate of drug-likeness (QED) is 0.682. The summed E-state index contributed by atoms with van der Waals surface area (Å²) in [6, 6.07) is 13.5. The zero-order valence-electron chi connectivity index (χ0n) is 10.5. The Balaban J connectivity index is 2.07. The van der Waals surface area contributed by atoms with Crippen LogP contribution in [0.1, 0.15) is 15.9 Å². The van der Waals surface area contributed by atoms with Crippen LogP contribution in [0.4, 0.5) is 0 Å². The summed E-state index contributed by atoms with van der Waals surface area (Å²) in [5.41, 5.74) is 3.14. The third-order valence-corrected chi connectivity index (χ3v) is 3.96. The molecule has 3 nitrogen and oxygen atoms in total. The van der Waals surface area contributed by atoms with Gasteiger partial charge in [-0.1, -0.05) is 6.07 Å². The van der Waals surface area contributed by atoms with Crippen molar-refractivity contribution in [1.29, 1.82) is 5.26 Å². The molecule has 0 saturated carbocycles. The summed E-state index contributed by atoms with van der Waals surface area (Å²) in [6.45, 7) is 0. The first-order valence-electron chi connectivity index (χ1n) is 6.03. The molecule has 3 rings (SSSR count). The lowest BCUT2D eigenvalue weighted by Crippen LogP contribution is -1.90. The Hall–Kier alpha value is -2.64. The fourth-order valence-electron chi connectivity index (χ4n) is 2.05. The maximum absolute atomic E-state index is 10.7. The zero-order valence-corrected chi connectivity index (χ0v) is 11.3. The van der Waals surface area contributed by atoms with E-state index in [2.05, 4.69) is 6.07 Å². The number of hydrogen-bond acceptors (Lipinski definition) is 3. The molecular formula is C16H10N2OS. The molecule has 0 bridgehead atoms. The summed E-state index contributed by atoms with van der Waals surface area (Å²) in [5.74, 6) is 0. The summed E-state index contributed by atoms with van der Waals surface area (Å²) in [7, 11) is 0. The van der Waals surface area contributed by atoms with Crippen LogP contribution < -0.4 is 0 Å². The summed E-state index contributed by atoms with van der Waals surface area (Å²) in [6.07, 6.45) is 4.57. The Kier molecular flexibility index (Phi) is 3.20. The van der Waals surface area contributed by atoms with Crippen LogP contribution in [0.3, 0.4) is 0 Å². The highest BCUT2D eigenvalue weighted by molar-refractivity contribution is 7.13. The first-order chi connectivity index (χ1) is 9.81. The predicted molar refractivity (Wildman–Crippen MR) is 79.2 cm³/mol. The molecule has 0 N–H and O–H groups in total. The fraction of sp³-hybridized carbons (Fsp3) is 0. The van der Waals surface area contributed by atoms with Crippen LogP contribution in [-0.4, -0.2) is 10.9 Å². The van der Waals surface area contributed by atoms with E-state index in [4.69, 9.17) is 0 Å². The molecule has 0 radical (unpaired) electrons. The van der Waals surface area contributed by atoms with Gasteiger partial charge in [-0.05, 0) is 35.7 Å². The number of thiophene rings is 1. The first-order valence-corrected chi connectivity index (χ1v) is 6.91. The number of nitrogens with zero attached hydrogens (tertiary/aromatic N) is 2. The van der Waals surface area contributed by atoms with Gasteiger partial charge in [0, 0.05) is 34.1 Å². The Morgan fingerprint density at radius 1 is 1.15 bits per heavy atom. The van der Waals surface area contributed by atoms with Gasteiger partial charge in [0.05, 0.1) is 5.56 Å². The summed E-state index contributed by atoms with van der Waals surface area (Å²) in [4.78, 5) is 11.7. The van der Waals surface area contributed by atoms with Crippen molar-refractivity contribution in [2.45, 2.75) is 0 Å². The predicted octanol–water partition coefficient (Wildman–Crippen LogP) is 3.89. The van der Waals surface area contributed by atoms with Crippen LogP contribution in [0.25, 0.3) is 16.1 Å². The van der Waals surface area contributed by atoms with Gasteiger partial charge in [-0.3, -0.25) is 4.79 Å². The number of aldehydes is 1. The molecule has 0 spiro atoms. The van der Waals surface area contributed by atoms with E-state index in [0.717, 1.165) is 22.4 Å². The fourth-order valence-corrected chi connectivity index (χ4v) is 2.80. The van der Waals surface area contributed by atoms with Crippen molar-refractivity contribution in [3.05, 3.63) is 65.3 Å². The lowest BCUT2D eigenvalue weighted by molar-refractivity contribution is 0.112. The number of carbonyl (C=O) groups excluding carboxylic acids is 1. The monoisotopic (exact) mass is 278 g/mol. The van der Waals surface area contributed by atoms with Crippen molar-refractivity contribution in [3.63, 3.8) is 0 Å². The Bertz CT molecular complexity index is 777. The largest absolute Gasteiger partial charge is 0.322 e. The van der Waals surface area contributed by atoms with E-state index in [-0.39, 0.29) is 0 Å². The van der Waals surface area contributed by atoms with E-state index in [1.165, 1.54) is 0 Å². The van der Waals surface area contributed by atoms with Gasteiger partial charge in [0.25, 0.3) is 0 Å². The van der Waals surface area contributed by atoms with E-state index in [9.17, 15) is 10.1 Å². The van der Waals surface area contributed by atoms with Gasteiger partial charge < -0.3 is 4.57 Å². The van der Waals surface area contributed by atoms with Crippen molar-refractivity contribution in [3.8, 4) is 22.2 Å². The molecule has 2 aromatic heterocycles. The van der Waals surface area contributed by atoms with Crippen LogP contribution >= 0.6 is 11.3 Å². The molecule has 0 amide bonds. The second kappa shape index (κ2) is 5.16. The van der Waals surface area contributed by atoms with Gasteiger partial charge in [0.2, 0.25) is 0 Å². The molecule has 0 fully saturated rings. The van der Waals surface area contributed by atoms with Crippen molar-refractivity contribution in [2.24, 2.45) is 0 Å². The number of carbonyl (C=O) groups is 1. The Labute approximate surface area is 120 Å². The molecule has 1 aromatic carbocycles. The topological polar surface area (TPSA) is 45.8 Å². The first kappa shape index (κ1) is 12.4. The number of rotatable bonds is 3. The molecule has 4 heteroatoms. The van der Waals surface area contributed by atoms with Crippen molar-refractivity contribution >= 4 is 17.6 Å². The smallest absolute Gasteiger partial charge is 0.150 e. The molecule has 0 unspecified atom stereocenters. The molecule has 0 aliphatic rings. The lowest BCUT2D eigenvalue weighted by atomic mass is 10.2. The molecule has 2 heterocycles. The van der Waals surface area contributed by atoms with E-state index >= 15 is 0 Å². The van der Waals surface area contributed by atoms with Gasteiger partial charge >= 0.3 is 0 Å². The van der Waals surface area contributed by atoms with E-state index in [1.54, 1.807) is 23.5 Å². The van der Waals surface area contributed by atoms with Gasteiger partial charge in [0.15, 0.2) is 0 Å². The van der Waals surface area contributed by atoms with Crippen LogP contribution in [-0.2, 0) is 0 Å². The van der Waals surface area contributed by atoms with Gasteiger partial charge in [-0.15, -0.1) is 11.3 Å². The highest BCUT2D eigenvalue weighted by Gasteiger charge is 2.10. The number of benzene rings is 1. The molecule has 3 aromatic rings. The molecule has 0 saturated heterocycles. The normalized spacial score (nSPS) is 10.2. The maximum atomic E-state index is 10.7. The van der Waals surface area contributed by atoms with Crippen molar-refractivity contribution in [1.82, 2.24) is 4.57 Å². The molecule has 0 aliphatic heterocycles. The number of aromatic nitrogens is 1. The molecule has 20 heavy (non-hydrogen) atoms. The highest BCUT2D eigenvalue weighted by atomic mass is 32.1. The third kappa shape index (κ3) is 2.15. The van der Waals surface area contributed by atoms with Gasteiger partial charge in [-0.2, -0.15) is 5.26 Å². The standard InChI is InChI=1S/C16H10N2OS/c17-8-13-9-18(10-15(13)16-2-1-7-20-16)14-5-3-12(11-19)4-6-14/h1-7,9-11H. The summed E-state index contributed by atoms with van der Waals surface area (Å²) < 4.78 is 1.90. The van der Waals surface area contributed by atoms with Crippen LogP contribution in [0.5, 0.6) is 0 Å². The average molecular weight is 278 g/mol. The molecule has 0 aliphatic carbocycles. The Morgan fingerprint density at radius 3 is 2.55 bits per heavy atom. The minimum absolute atomic E-state index is 0.639. The van der Waals surface area contributed by atoms with Crippen molar-refractivity contribution in [2.75, 3.05) is 0 Å². The summed E-state index contributed by atoms with van der Waals surface area (Å²) in [5, 5.41) is 11.2. The number of nitriles is 1. The maximum Gasteiger partial charge on any atom is 0.150 e. The van der Waals surface area contributed by atoms with Gasteiger partial charge in [0.1, 0.15) is 12.4 Å². The lowest BCUT2D eigenvalue weighted by Gasteiger charge is -2.02. The van der Waals surface area contributed by atoms with E-state index in [1.807, 2.05) is 46.6 Å². The van der Waals surface area contributed by atoms with Crippen LogP contribution in [0, 0.1) is 11.3 Å². The van der Waals surface area contributed by atoms with E-state index < -0.39 is 0 Å². The number of hydrogen-bond donors (Lipinski definition) is 0. The van der Waals surface area contributed by atoms with Crippen LogP contribution in [0.2, 0.25) is 0 Å². The highest BCUT2D eigenvalue weighted by Crippen LogP contribution is 2.29. The minimum atomic E-state index is 0.639. The molecular weight excluding hydrogens is 268 g/mol. The van der Waals surface area contributed by atoms with Gasteiger partial charge in [-0.25, -0.2) is 0 Å². The second-order valence-electron chi connectivity index (χ2n) is 4.29. The van der Waals surface area contributed by atoms with Crippen LogP contribution in [0.15, 0.2) is 54.2 Å². The molecule has 96 valence electrons. The van der Waals surface area contributed by atoms with E-state index in [0.29, 0.717) is 11.1 Å². The summed E-state index contributed by atoms with van der Waals surface area (Å²) >= 11 is 1.61. The minimum Gasteiger partial charge on any atom is -0.322 e. The zero-order chi connectivity index (χ0) is 13.9. The third-order valence-electron chi connectivity index (χ3n) is 3.06. The SMILES string of the molecule is N#Cc1cn(-c2ccc(C=O)cc2)cc1-c1cccs1.